The van der Waals surface area contributed by atoms with E-state index in [1.165, 1.54) is 38.5 Å². The van der Waals surface area contributed by atoms with Crippen molar-refractivity contribution in [3.8, 4) is 0 Å². The molecule has 1 aliphatic rings. The molecule has 4 heteroatoms. The average molecular weight is 240 g/mol. The van der Waals surface area contributed by atoms with Gasteiger partial charge < -0.3 is 9.73 Å². The van der Waals surface area contributed by atoms with Crippen LogP contribution >= 0.6 is 11.8 Å². The Morgan fingerprint density at radius 1 is 1.31 bits per heavy atom. The molecule has 0 aliphatic heterocycles. The summed E-state index contributed by atoms with van der Waals surface area (Å²) in [6, 6.07) is 0.595. The van der Waals surface area contributed by atoms with Crippen molar-refractivity contribution >= 4 is 11.8 Å². The van der Waals surface area contributed by atoms with Crippen LogP contribution in [0.3, 0.4) is 0 Å². The van der Waals surface area contributed by atoms with Gasteiger partial charge in [0.15, 0.2) is 0 Å². The van der Waals surface area contributed by atoms with E-state index < -0.39 is 0 Å². The van der Waals surface area contributed by atoms with Gasteiger partial charge in [0, 0.05) is 11.3 Å². The highest BCUT2D eigenvalue weighted by atomic mass is 32.2. The first kappa shape index (κ1) is 12.0. The largest absolute Gasteiger partial charge is 0.440 e. The summed E-state index contributed by atoms with van der Waals surface area (Å²) < 4.78 is 5.33. The van der Waals surface area contributed by atoms with Crippen LogP contribution in [0.25, 0.3) is 0 Å². The molecule has 0 saturated heterocycles. The van der Waals surface area contributed by atoms with Gasteiger partial charge >= 0.3 is 0 Å². The minimum atomic E-state index is 0.595. The molecule has 1 aromatic rings. The first-order valence-electron chi connectivity index (χ1n) is 6.13. The predicted octanol–water partition coefficient (Wildman–Crippen LogP) is 3.08. The Labute approximate surface area is 101 Å². The molecule has 0 amide bonds. The summed E-state index contributed by atoms with van der Waals surface area (Å²) in [6.07, 6.45) is 11.3. The minimum Gasteiger partial charge on any atom is -0.440 e. The van der Waals surface area contributed by atoms with E-state index in [4.69, 9.17) is 4.42 Å². The van der Waals surface area contributed by atoms with Crippen LogP contribution in [0.1, 0.15) is 38.5 Å². The van der Waals surface area contributed by atoms with Crippen molar-refractivity contribution in [1.29, 1.82) is 0 Å². The molecule has 1 saturated carbocycles. The molecule has 1 N–H and O–H groups in total. The normalized spacial score (nSPS) is 27.3. The Hall–Kier alpha value is -0.480. The Morgan fingerprint density at radius 3 is 2.81 bits per heavy atom. The fourth-order valence-corrected chi connectivity index (χ4v) is 3.53. The summed E-state index contributed by atoms with van der Waals surface area (Å²) in [6.45, 7) is 0. The zero-order valence-electron chi connectivity index (χ0n) is 9.82. The Balaban J connectivity index is 1.96. The van der Waals surface area contributed by atoms with Crippen LogP contribution in [0, 0.1) is 0 Å². The van der Waals surface area contributed by atoms with Crippen LogP contribution in [0.15, 0.2) is 22.1 Å². The monoisotopic (exact) mass is 240 g/mol. The van der Waals surface area contributed by atoms with E-state index in [0.717, 1.165) is 5.22 Å². The van der Waals surface area contributed by atoms with Gasteiger partial charge in [0.05, 0.1) is 6.20 Å². The van der Waals surface area contributed by atoms with E-state index in [1.807, 2.05) is 0 Å². The zero-order valence-corrected chi connectivity index (χ0v) is 10.6. The van der Waals surface area contributed by atoms with Crippen LogP contribution in [-0.4, -0.2) is 23.3 Å². The third-order valence-electron chi connectivity index (χ3n) is 3.24. The van der Waals surface area contributed by atoms with Crippen molar-refractivity contribution in [3.05, 3.63) is 12.5 Å². The van der Waals surface area contributed by atoms with E-state index in [9.17, 15) is 0 Å². The Kier molecular flexibility index (Phi) is 4.72. The molecule has 1 aliphatic carbocycles. The molecule has 0 radical (unpaired) electrons. The molecule has 2 rings (SSSR count). The smallest absolute Gasteiger partial charge is 0.255 e. The summed E-state index contributed by atoms with van der Waals surface area (Å²) in [5, 5.41) is 4.86. The summed E-state index contributed by atoms with van der Waals surface area (Å²) in [4.78, 5) is 4.20. The number of nitrogens with zero attached hydrogens (tertiary/aromatic N) is 1. The van der Waals surface area contributed by atoms with E-state index in [1.54, 1.807) is 24.2 Å². The lowest BCUT2D eigenvalue weighted by atomic mass is 9.96. The minimum absolute atomic E-state index is 0.595. The fourth-order valence-electron chi connectivity index (χ4n) is 2.32. The zero-order chi connectivity index (χ0) is 11.2. The number of oxazole rings is 1. The van der Waals surface area contributed by atoms with Gasteiger partial charge in [-0.25, -0.2) is 4.98 Å². The third-order valence-corrected chi connectivity index (χ3v) is 4.51. The molecule has 0 aromatic carbocycles. The highest BCUT2D eigenvalue weighted by molar-refractivity contribution is 7.99. The van der Waals surface area contributed by atoms with Crippen molar-refractivity contribution in [2.24, 2.45) is 0 Å². The summed E-state index contributed by atoms with van der Waals surface area (Å²) in [7, 11) is 2.06. The maximum atomic E-state index is 5.33. The quantitative estimate of drug-likeness (QED) is 0.881. The van der Waals surface area contributed by atoms with E-state index in [2.05, 4.69) is 17.3 Å². The molecule has 2 atom stereocenters. The van der Waals surface area contributed by atoms with E-state index in [0.29, 0.717) is 11.3 Å². The first-order chi connectivity index (χ1) is 7.90. The number of hydrogen-bond donors (Lipinski definition) is 1. The van der Waals surface area contributed by atoms with Crippen molar-refractivity contribution in [2.45, 2.75) is 55.0 Å². The molecule has 0 spiro atoms. The van der Waals surface area contributed by atoms with Gasteiger partial charge in [-0.3, -0.25) is 0 Å². The molecule has 3 nitrogen and oxygen atoms in total. The average Bonchev–Trinajstić information content (AvgIpc) is 2.75. The van der Waals surface area contributed by atoms with E-state index >= 15 is 0 Å². The Morgan fingerprint density at radius 2 is 2.12 bits per heavy atom. The lowest BCUT2D eigenvalue weighted by Gasteiger charge is -2.27. The molecular weight excluding hydrogens is 220 g/mol. The van der Waals surface area contributed by atoms with Crippen LogP contribution in [-0.2, 0) is 0 Å². The SMILES string of the molecule is CNC1CCCCCCC1Sc1ncco1. The van der Waals surface area contributed by atoms with Crippen LogP contribution in [0.4, 0.5) is 0 Å². The fraction of sp³-hybridized carbons (Fsp3) is 0.750. The maximum Gasteiger partial charge on any atom is 0.255 e. The number of nitrogens with one attached hydrogen (secondary N) is 1. The van der Waals surface area contributed by atoms with Gasteiger partial charge in [-0.1, -0.05) is 37.4 Å². The number of thioether (sulfide) groups is 1. The molecule has 1 aromatic heterocycles. The van der Waals surface area contributed by atoms with Crippen LogP contribution < -0.4 is 5.32 Å². The summed E-state index contributed by atoms with van der Waals surface area (Å²) in [5.41, 5.74) is 0. The topological polar surface area (TPSA) is 38.1 Å². The molecule has 1 heterocycles. The van der Waals surface area contributed by atoms with Gasteiger partial charge in [0.25, 0.3) is 5.22 Å². The molecular formula is C12H20N2OS. The van der Waals surface area contributed by atoms with Gasteiger partial charge in [0.2, 0.25) is 0 Å². The van der Waals surface area contributed by atoms with Gasteiger partial charge in [0.1, 0.15) is 6.26 Å². The second-order valence-corrected chi connectivity index (χ2v) is 5.53. The molecule has 0 bridgehead atoms. The van der Waals surface area contributed by atoms with Gasteiger partial charge in [-0.15, -0.1) is 0 Å². The number of rotatable bonds is 3. The highest BCUT2D eigenvalue weighted by Crippen LogP contribution is 2.31. The number of hydrogen-bond acceptors (Lipinski definition) is 4. The lowest BCUT2D eigenvalue weighted by Crippen LogP contribution is -2.36. The number of aromatic nitrogens is 1. The second-order valence-electron chi connectivity index (χ2n) is 4.34. The maximum absolute atomic E-state index is 5.33. The molecule has 2 unspecified atom stereocenters. The highest BCUT2D eigenvalue weighted by Gasteiger charge is 2.23. The Bertz CT molecular complexity index is 289. The predicted molar refractivity (Wildman–Crippen MR) is 66.7 cm³/mol. The summed E-state index contributed by atoms with van der Waals surface area (Å²) in [5.74, 6) is 0. The second kappa shape index (κ2) is 6.30. The molecule has 90 valence electrons. The van der Waals surface area contributed by atoms with Crippen LogP contribution in [0.5, 0.6) is 0 Å². The summed E-state index contributed by atoms with van der Waals surface area (Å²) >= 11 is 1.79. The van der Waals surface area contributed by atoms with Crippen molar-refractivity contribution < 1.29 is 4.42 Å². The molecule has 1 fully saturated rings. The van der Waals surface area contributed by atoms with Gasteiger partial charge in [-0.2, -0.15) is 0 Å². The first-order valence-corrected chi connectivity index (χ1v) is 7.01. The van der Waals surface area contributed by atoms with Crippen LogP contribution in [0.2, 0.25) is 0 Å². The molecule has 16 heavy (non-hydrogen) atoms. The third kappa shape index (κ3) is 3.25. The van der Waals surface area contributed by atoms with Crippen molar-refractivity contribution in [3.63, 3.8) is 0 Å². The standard InChI is InChI=1S/C12H20N2OS/c1-13-10-6-4-2-3-5-7-11(10)16-12-14-8-9-15-12/h8-11,13H,2-7H2,1H3. The van der Waals surface area contributed by atoms with Gasteiger partial charge in [-0.05, 0) is 19.9 Å². The van der Waals surface area contributed by atoms with Crippen molar-refractivity contribution in [1.82, 2.24) is 10.3 Å². The lowest BCUT2D eigenvalue weighted by molar-refractivity contribution is 0.412. The van der Waals surface area contributed by atoms with E-state index in [-0.39, 0.29) is 0 Å². The van der Waals surface area contributed by atoms with Crippen molar-refractivity contribution in [2.75, 3.05) is 7.05 Å².